The highest BCUT2D eigenvalue weighted by atomic mass is 32.2. The second kappa shape index (κ2) is 7.35. The quantitative estimate of drug-likeness (QED) is 0.747. The van der Waals surface area contributed by atoms with Crippen molar-refractivity contribution in [1.29, 1.82) is 0 Å². The molecule has 0 spiro atoms. The first-order chi connectivity index (χ1) is 11.9. The number of carbonyl (C=O) groups is 1. The average Bonchev–Trinajstić information content (AvgIpc) is 3.01. The summed E-state index contributed by atoms with van der Waals surface area (Å²) in [4.78, 5) is 17.9. The van der Waals surface area contributed by atoms with Crippen LogP contribution in [-0.4, -0.2) is 68.0 Å². The van der Waals surface area contributed by atoms with Crippen molar-refractivity contribution in [3.05, 3.63) is 29.8 Å². The zero-order valence-corrected chi connectivity index (χ0v) is 15.7. The second-order valence-electron chi connectivity index (χ2n) is 5.96. The molecule has 7 nitrogen and oxygen atoms in total. The first kappa shape index (κ1) is 18.2. The number of sulfone groups is 1. The lowest BCUT2D eigenvalue weighted by Gasteiger charge is -2.25. The molecule has 0 saturated carbocycles. The first-order valence-electron chi connectivity index (χ1n) is 7.79. The molecule has 2 aliphatic rings. The Kier molecular flexibility index (Phi) is 5.35. The molecule has 2 fully saturated rings. The van der Waals surface area contributed by atoms with Crippen molar-refractivity contribution in [1.82, 2.24) is 4.90 Å². The molecule has 25 heavy (non-hydrogen) atoms. The number of amidine groups is 1. The molecule has 2 aliphatic heterocycles. The van der Waals surface area contributed by atoms with Gasteiger partial charge >= 0.3 is 0 Å². The van der Waals surface area contributed by atoms with Crippen LogP contribution in [0.1, 0.15) is 5.56 Å². The van der Waals surface area contributed by atoms with E-state index in [4.69, 9.17) is 9.47 Å². The molecule has 136 valence electrons. The van der Waals surface area contributed by atoms with E-state index in [1.807, 2.05) is 29.2 Å². The van der Waals surface area contributed by atoms with Crippen molar-refractivity contribution in [2.45, 2.75) is 17.8 Å². The Bertz CT molecular complexity index is 793. The van der Waals surface area contributed by atoms with Crippen LogP contribution in [0, 0.1) is 0 Å². The zero-order chi connectivity index (χ0) is 18.0. The summed E-state index contributed by atoms with van der Waals surface area (Å²) in [5.74, 6) is 0.539. The molecule has 0 N–H and O–H groups in total. The standard InChI is InChI=1S/C16H20N2O5S2/c1-22-8-15(19)17-16-18(7-11-5-3-4-6-13(11)23-2)12-9-25(20,21)10-14(12)24-16/h3-6,12,14H,7-10H2,1-2H3/t12-,14-/m1/s1. The first-order valence-corrected chi connectivity index (χ1v) is 10.5. The normalized spacial score (nSPS) is 26.0. The van der Waals surface area contributed by atoms with Gasteiger partial charge in [0.15, 0.2) is 15.0 Å². The van der Waals surface area contributed by atoms with E-state index in [-0.39, 0.29) is 35.3 Å². The van der Waals surface area contributed by atoms with Crippen LogP contribution in [0.5, 0.6) is 5.75 Å². The zero-order valence-electron chi connectivity index (χ0n) is 14.0. The molecule has 2 heterocycles. The fourth-order valence-electron chi connectivity index (χ4n) is 3.10. The number of rotatable bonds is 5. The van der Waals surface area contributed by atoms with Gasteiger partial charge in [0.1, 0.15) is 12.4 Å². The highest BCUT2D eigenvalue weighted by Gasteiger charge is 2.48. The molecular weight excluding hydrogens is 364 g/mol. The third-order valence-electron chi connectivity index (χ3n) is 4.20. The van der Waals surface area contributed by atoms with Gasteiger partial charge in [-0.05, 0) is 6.07 Å². The highest BCUT2D eigenvalue weighted by Crippen LogP contribution is 2.39. The number of amides is 1. The minimum atomic E-state index is -3.07. The molecule has 3 rings (SSSR count). The summed E-state index contributed by atoms with van der Waals surface area (Å²) in [6, 6.07) is 7.37. The van der Waals surface area contributed by atoms with Gasteiger partial charge in [-0.15, -0.1) is 0 Å². The number of thioether (sulfide) groups is 1. The second-order valence-corrected chi connectivity index (χ2v) is 9.32. The predicted molar refractivity (Wildman–Crippen MR) is 96.7 cm³/mol. The average molecular weight is 384 g/mol. The molecule has 0 bridgehead atoms. The number of carbonyl (C=O) groups excluding carboxylic acids is 1. The maximum Gasteiger partial charge on any atom is 0.274 e. The van der Waals surface area contributed by atoms with Crippen LogP contribution in [0.25, 0.3) is 0 Å². The van der Waals surface area contributed by atoms with Gasteiger partial charge < -0.3 is 14.4 Å². The number of benzene rings is 1. The fourth-order valence-corrected chi connectivity index (χ4v) is 7.07. The Labute approximate surface area is 151 Å². The van der Waals surface area contributed by atoms with E-state index in [9.17, 15) is 13.2 Å². The molecule has 1 amide bonds. The summed E-state index contributed by atoms with van der Waals surface area (Å²) in [5, 5.41) is 0.451. The summed E-state index contributed by atoms with van der Waals surface area (Å²) in [7, 11) is -0.0338. The molecule has 0 aromatic heterocycles. The van der Waals surface area contributed by atoms with Crippen molar-refractivity contribution in [2.75, 3.05) is 32.3 Å². The van der Waals surface area contributed by atoms with Crippen LogP contribution in [0.4, 0.5) is 0 Å². The van der Waals surface area contributed by atoms with E-state index in [1.54, 1.807) is 7.11 Å². The van der Waals surface area contributed by atoms with Gasteiger partial charge in [-0.2, -0.15) is 4.99 Å². The van der Waals surface area contributed by atoms with E-state index < -0.39 is 9.84 Å². The van der Waals surface area contributed by atoms with Crippen LogP contribution in [0.3, 0.4) is 0 Å². The topological polar surface area (TPSA) is 85.3 Å². The molecule has 0 radical (unpaired) electrons. The molecule has 2 saturated heterocycles. The summed E-state index contributed by atoms with van der Waals surface area (Å²) in [6.45, 7) is 0.340. The number of hydrogen-bond donors (Lipinski definition) is 0. The van der Waals surface area contributed by atoms with Crippen LogP contribution in [-0.2, 0) is 25.9 Å². The van der Waals surface area contributed by atoms with Crippen LogP contribution in [0.15, 0.2) is 29.3 Å². The number of aliphatic imine (C=N–C) groups is 1. The number of ether oxygens (including phenoxy) is 2. The van der Waals surface area contributed by atoms with Crippen molar-refractivity contribution in [2.24, 2.45) is 4.99 Å². The number of fused-ring (bicyclic) bond motifs is 1. The van der Waals surface area contributed by atoms with Gasteiger partial charge in [-0.3, -0.25) is 4.79 Å². The summed E-state index contributed by atoms with van der Waals surface area (Å²) in [5.41, 5.74) is 0.919. The van der Waals surface area contributed by atoms with Crippen LogP contribution < -0.4 is 4.74 Å². The Hall–Kier alpha value is -1.58. The number of methoxy groups -OCH3 is 2. The molecular formula is C16H20N2O5S2. The summed E-state index contributed by atoms with van der Waals surface area (Å²) < 4.78 is 34.2. The molecule has 1 aromatic rings. The Balaban J connectivity index is 1.91. The Morgan fingerprint density at radius 1 is 1.32 bits per heavy atom. The molecule has 2 atom stereocenters. The van der Waals surface area contributed by atoms with Crippen LogP contribution >= 0.6 is 11.8 Å². The van der Waals surface area contributed by atoms with E-state index in [0.29, 0.717) is 11.7 Å². The van der Waals surface area contributed by atoms with Crippen molar-refractivity contribution >= 4 is 32.7 Å². The Morgan fingerprint density at radius 3 is 2.80 bits per heavy atom. The van der Waals surface area contributed by atoms with E-state index in [1.165, 1.54) is 18.9 Å². The highest BCUT2D eigenvalue weighted by molar-refractivity contribution is 8.15. The minimum absolute atomic E-state index is 0.0807. The lowest BCUT2D eigenvalue weighted by molar-refractivity contribution is -0.121. The fraction of sp³-hybridized carbons (Fsp3) is 0.500. The van der Waals surface area contributed by atoms with Crippen LogP contribution in [0.2, 0.25) is 0 Å². The third-order valence-corrected chi connectivity index (χ3v) is 7.44. The van der Waals surface area contributed by atoms with E-state index in [2.05, 4.69) is 4.99 Å². The number of para-hydroxylation sites is 1. The number of nitrogens with zero attached hydrogens (tertiary/aromatic N) is 2. The summed E-state index contributed by atoms with van der Waals surface area (Å²) >= 11 is 1.36. The Morgan fingerprint density at radius 2 is 2.08 bits per heavy atom. The lowest BCUT2D eigenvalue weighted by Crippen LogP contribution is -2.37. The van der Waals surface area contributed by atoms with E-state index >= 15 is 0 Å². The smallest absolute Gasteiger partial charge is 0.274 e. The maximum atomic E-state index is 12.0. The van der Waals surface area contributed by atoms with Gasteiger partial charge in [0.2, 0.25) is 0 Å². The predicted octanol–water partition coefficient (Wildman–Crippen LogP) is 0.939. The van der Waals surface area contributed by atoms with Gasteiger partial charge in [-0.1, -0.05) is 30.0 Å². The monoisotopic (exact) mass is 384 g/mol. The molecule has 9 heteroatoms. The summed E-state index contributed by atoms with van der Waals surface area (Å²) in [6.07, 6.45) is 0. The maximum absolute atomic E-state index is 12.0. The minimum Gasteiger partial charge on any atom is -0.496 e. The van der Waals surface area contributed by atoms with Crippen molar-refractivity contribution in [3.63, 3.8) is 0 Å². The van der Waals surface area contributed by atoms with Gasteiger partial charge in [0, 0.05) is 24.5 Å². The van der Waals surface area contributed by atoms with Gasteiger partial charge in [0.25, 0.3) is 5.91 Å². The molecule has 1 aromatic carbocycles. The van der Waals surface area contributed by atoms with Gasteiger partial charge in [0.05, 0.1) is 24.7 Å². The van der Waals surface area contributed by atoms with Crippen molar-refractivity contribution < 1.29 is 22.7 Å². The number of hydrogen-bond acceptors (Lipinski definition) is 6. The molecule has 0 aliphatic carbocycles. The lowest BCUT2D eigenvalue weighted by atomic mass is 10.1. The van der Waals surface area contributed by atoms with Crippen molar-refractivity contribution in [3.8, 4) is 5.75 Å². The molecule has 0 unspecified atom stereocenters. The van der Waals surface area contributed by atoms with E-state index in [0.717, 1.165) is 11.3 Å². The largest absolute Gasteiger partial charge is 0.496 e. The van der Waals surface area contributed by atoms with Gasteiger partial charge in [-0.25, -0.2) is 8.42 Å². The third kappa shape index (κ3) is 3.99. The SMILES string of the molecule is COCC(=O)N=C1S[C@@H]2CS(=O)(=O)C[C@H]2N1Cc1ccccc1OC.